The number of carboxylic acid groups (broad SMARTS) is 1. The molecule has 2 N–H and O–H groups in total. The molecule has 1 aliphatic rings. The van der Waals surface area contributed by atoms with Crippen LogP contribution < -0.4 is 0 Å². The molecule has 1 amide bonds. The average molecular weight is 367 g/mol. The van der Waals surface area contributed by atoms with Gasteiger partial charge in [0.25, 0.3) is 0 Å². The van der Waals surface area contributed by atoms with E-state index in [1.165, 1.54) is 11.0 Å². The van der Waals surface area contributed by atoms with Crippen molar-refractivity contribution in [3.63, 3.8) is 0 Å². The molecule has 2 unspecified atom stereocenters. The lowest BCUT2D eigenvalue weighted by Gasteiger charge is -2.36. The number of aromatic nitrogens is 1. The van der Waals surface area contributed by atoms with Crippen molar-refractivity contribution >= 4 is 28.6 Å². The Balaban J connectivity index is 1.97. The number of nitrogens with zero attached hydrogens (tertiary/aromatic N) is 1. The van der Waals surface area contributed by atoms with Crippen LogP contribution in [0.4, 0.5) is 9.18 Å². The van der Waals surface area contributed by atoms with Gasteiger partial charge in [0.2, 0.25) is 0 Å². The van der Waals surface area contributed by atoms with Gasteiger partial charge in [-0.2, -0.15) is 0 Å². The number of amides is 1. The normalized spacial score (nSPS) is 18.4. The molecule has 0 spiro atoms. The van der Waals surface area contributed by atoms with Gasteiger partial charge in [0.05, 0.1) is 5.02 Å². The van der Waals surface area contributed by atoms with E-state index < -0.39 is 17.4 Å². The predicted molar refractivity (Wildman–Crippen MR) is 98.0 cm³/mol. The fourth-order valence-corrected chi connectivity index (χ4v) is 4.24. The van der Waals surface area contributed by atoms with Gasteiger partial charge in [-0.3, -0.25) is 0 Å². The first-order valence-corrected chi connectivity index (χ1v) is 8.98. The number of rotatable bonds is 3. The van der Waals surface area contributed by atoms with Crippen LogP contribution in [-0.4, -0.2) is 33.2 Å². The first-order chi connectivity index (χ1) is 11.6. The highest BCUT2D eigenvalue weighted by Crippen LogP contribution is 2.45. The third kappa shape index (κ3) is 3.10. The van der Waals surface area contributed by atoms with Crippen LogP contribution in [-0.2, 0) is 6.42 Å². The number of carbonyl (C=O) groups is 1. The fraction of sp³-hybridized carbons (Fsp3) is 0.526. The van der Waals surface area contributed by atoms with Crippen molar-refractivity contribution in [3.8, 4) is 0 Å². The van der Waals surface area contributed by atoms with E-state index in [1.54, 1.807) is 6.07 Å². The Labute approximate surface area is 152 Å². The van der Waals surface area contributed by atoms with Gasteiger partial charge in [0.1, 0.15) is 5.82 Å². The van der Waals surface area contributed by atoms with E-state index in [1.807, 2.05) is 20.8 Å². The smallest absolute Gasteiger partial charge is 0.407 e. The molecular formula is C19H24ClFN2O2. The lowest BCUT2D eigenvalue weighted by atomic mass is 9.86. The highest BCUT2D eigenvalue weighted by atomic mass is 35.5. The number of aromatic amines is 1. The summed E-state index contributed by atoms with van der Waals surface area (Å²) >= 11 is 6.25. The van der Waals surface area contributed by atoms with Crippen molar-refractivity contribution in [3.05, 3.63) is 34.2 Å². The Hall–Kier alpha value is -1.75. The van der Waals surface area contributed by atoms with Gasteiger partial charge >= 0.3 is 6.09 Å². The van der Waals surface area contributed by atoms with Crippen molar-refractivity contribution < 1.29 is 14.3 Å². The third-order valence-electron chi connectivity index (χ3n) is 5.25. The number of nitrogens with one attached hydrogen (secondary N) is 1. The number of halogens is 2. The predicted octanol–water partition coefficient (Wildman–Crippen LogP) is 5.40. The zero-order chi connectivity index (χ0) is 18.5. The molecule has 1 aromatic carbocycles. The van der Waals surface area contributed by atoms with Crippen molar-refractivity contribution in [2.24, 2.45) is 5.92 Å². The van der Waals surface area contributed by atoms with Crippen LogP contribution in [0.15, 0.2) is 12.1 Å². The second kappa shape index (κ2) is 6.20. The van der Waals surface area contributed by atoms with E-state index in [0.29, 0.717) is 6.54 Å². The number of hydrogen-bond donors (Lipinski definition) is 2. The Kier molecular flexibility index (Phi) is 4.48. The average Bonchev–Trinajstić information content (AvgIpc) is 3.05. The lowest BCUT2D eigenvalue weighted by molar-refractivity contribution is 0.0873. The van der Waals surface area contributed by atoms with E-state index in [0.717, 1.165) is 35.0 Å². The number of benzene rings is 1. The molecule has 0 bridgehead atoms. The van der Waals surface area contributed by atoms with Crippen LogP contribution in [0.25, 0.3) is 10.9 Å². The summed E-state index contributed by atoms with van der Waals surface area (Å²) in [7, 11) is 0. The summed E-state index contributed by atoms with van der Waals surface area (Å²) in [5, 5.41) is 10.5. The van der Waals surface area contributed by atoms with Crippen molar-refractivity contribution in [2.75, 3.05) is 6.54 Å². The fourth-order valence-electron chi connectivity index (χ4n) is 3.97. The van der Waals surface area contributed by atoms with E-state index in [9.17, 15) is 14.3 Å². The largest absolute Gasteiger partial charge is 0.465 e. The molecule has 0 fully saturated rings. The molecule has 1 aromatic heterocycles. The summed E-state index contributed by atoms with van der Waals surface area (Å²) in [5.74, 6) is -0.154. The maximum atomic E-state index is 14.0. The van der Waals surface area contributed by atoms with Crippen molar-refractivity contribution in [1.82, 2.24) is 9.88 Å². The van der Waals surface area contributed by atoms with Crippen LogP contribution in [0.5, 0.6) is 0 Å². The monoisotopic (exact) mass is 366 g/mol. The molecule has 0 saturated heterocycles. The Morgan fingerprint density at radius 2 is 2.16 bits per heavy atom. The molecule has 2 aromatic rings. The first-order valence-electron chi connectivity index (χ1n) is 8.60. The second-order valence-electron chi connectivity index (χ2n) is 7.99. The van der Waals surface area contributed by atoms with Gasteiger partial charge in [0, 0.05) is 28.7 Å². The lowest BCUT2D eigenvalue weighted by Crippen LogP contribution is -2.47. The highest BCUT2D eigenvalue weighted by Gasteiger charge is 2.35. The van der Waals surface area contributed by atoms with Crippen LogP contribution in [0.2, 0.25) is 5.02 Å². The number of hydrogen-bond acceptors (Lipinski definition) is 1. The van der Waals surface area contributed by atoms with Gasteiger partial charge in [-0.1, -0.05) is 18.5 Å². The number of H-pyrrole nitrogens is 1. The molecule has 6 heteroatoms. The minimum Gasteiger partial charge on any atom is -0.465 e. The van der Waals surface area contributed by atoms with E-state index in [2.05, 4.69) is 11.9 Å². The summed E-state index contributed by atoms with van der Waals surface area (Å²) in [6.45, 7) is 8.18. The van der Waals surface area contributed by atoms with Gasteiger partial charge in [-0.15, -0.1) is 0 Å². The first kappa shape index (κ1) is 18.1. The maximum absolute atomic E-state index is 14.0. The quantitative estimate of drug-likeness (QED) is 0.763. The molecule has 1 aliphatic carbocycles. The van der Waals surface area contributed by atoms with Crippen LogP contribution in [0.1, 0.15) is 51.3 Å². The van der Waals surface area contributed by atoms with E-state index in [4.69, 9.17) is 11.6 Å². The molecule has 1 heterocycles. The van der Waals surface area contributed by atoms with Crippen LogP contribution >= 0.6 is 11.6 Å². The summed E-state index contributed by atoms with van der Waals surface area (Å²) in [6.07, 6.45) is 0.878. The Morgan fingerprint density at radius 1 is 1.48 bits per heavy atom. The minimum atomic E-state index is -0.916. The van der Waals surface area contributed by atoms with Gasteiger partial charge in [-0.25, -0.2) is 9.18 Å². The zero-order valence-electron chi connectivity index (χ0n) is 15.0. The molecular weight excluding hydrogens is 343 g/mol. The Morgan fingerprint density at radius 3 is 2.76 bits per heavy atom. The molecule has 0 saturated carbocycles. The summed E-state index contributed by atoms with van der Waals surface area (Å²) < 4.78 is 14.0. The molecule has 3 rings (SSSR count). The van der Waals surface area contributed by atoms with Crippen molar-refractivity contribution in [2.45, 2.75) is 52.0 Å². The summed E-state index contributed by atoms with van der Waals surface area (Å²) in [6, 6.07) is 3.09. The van der Waals surface area contributed by atoms with Crippen molar-refractivity contribution in [1.29, 1.82) is 0 Å². The molecule has 0 radical (unpaired) electrons. The zero-order valence-corrected chi connectivity index (χ0v) is 15.7. The van der Waals surface area contributed by atoms with Gasteiger partial charge in [0.15, 0.2) is 0 Å². The minimum absolute atomic E-state index is 0.106. The third-order valence-corrected chi connectivity index (χ3v) is 5.62. The molecule has 136 valence electrons. The SMILES string of the molecule is CC(CN(C(=O)O)C(C)(C)C)C1CCc2[nH]c3ccc(F)c(Cl)c3c21. The highest BCUT2D eigenvalue weighted by molar-refractivity contribution is 6.36. The van der Waals surface area contributed by atoms with Crippen LogP contribution in [0, 0.1) is 11.7 Å². The van der Waals surface area contributed by atoms with Gasteiger partial charge in [-0.05, 0) is 63.1 Å². The van der Waals surface area contributed by atoms with E-state index in [-0.39, 0.29) is 16.9 Å². The molecule has 2 atom stereocenters. The van der Waals surface area contributed by atoms with Gasteiger partial charge < -0.3 is 15.0 Å². The molecule has 25 heavy (non-hydrogen) atoms. The maximum Gasteiger partial charge on any atom is 0.407 e. The summed E-state index contributed by atoms with van der Waals surface area (Å²) in [4.78, 5) is 16.5. The second-order valence-corrected chi connectivity index (χ2v) is 8.37. The molecule has 4 nitrogen and oxygen atoms in total. The standard InChI is InChI=1S/C19H24ClFN2O2/c1-10(9-23(18(24)25)19(2,3)4)11-5-7-13-15(11)16-14(22-13)8-6-12(21)17(16)20/h6,8,10-11,22H,5,7,9H2,1-4H3,(H,24,25). The number of aryl methyl sites for hydroxylation is 1. The Bertz CT molecular complexity index is 825. The molecule has 0 aliphatic heterocycles. The topological polar surface area (TPSA) is 56.3 Å². The summed E-state index contributed by atoms with van der Waals surface area (Å²) in [5.41, 5.74) is 2.54. The number of fused-ring (bicyclic) bond motifs is 3. The van der Waals surface area contributed by atoms with E-state index >= 15 is 0 Å². The van der Waals surface area contributed by atoms with Crippen LogP contribution in [0.3, 0.4) is 0 Å².